The number of nitrogens with two attached hydrogens (primary N) is 1. The Balaban J connectivity index is 1.93. The Labute approximate surface area is 123 Å². The van der Waals surface area contributed by atoms with Gasteiger partial charge >= 0.3 is 0 Å². The summed E-state index contributed by atoms with van der Waals surface area (Å²) in [5.41, 5.74) is 8.94. The first-order valence-corrected chi connectivity index (χ1v) is 7.89. The maximum absolute atomic E-state index is 5.75. The van der Waals surface area contributed by atoms with Crippen LogP contribution in [-0.2, 0) is 0 Å². The van der Waals surface area contributed by atoms with E-state index >= 15 is 0 Å². The molecule has 1 aliphatic rings. The molecule has 5 heteroatoms. The van der Waals surface area contributed by atoms with E-state index in [9.17, 15) is 0 Å². The van der Waals surface area contributed by atoms with Gasteiger partial charge in [0.05, 0.1) is 17.9 Å². The molecule has 0 aliphatic carbocycles. The topological polar surface area (TPSA) is 51.4 Å². The van der Waals surface area contributed by atoms with Crippen molar-refractivity contribution >= 4 is 22.2 Å². The van der Waals surface area contributed by atoms with Crippen molar-refractivity contribution in [3.63, 3.8) is 0 Å². The van der Waals surface area contributed by atoms with E-state index in [1.165, 1.54) is 29.9 Å². The lowest BCUT2D eigenvalue weighted by Gasteiger charge is -2.31. The van der Waals surface area contributed by atoms with Crippen LogP contribution in [0.4, 0.5) is 10.8 Å². The number of nitrogens with zero attached hydrogens (tertiary/aromatic N) is 2. The molecule has 3 rings (SSSR count). The molecule has 20 heavy (non-hydrogen) atoms. The Morgan fingerprint density at radius 3 is 3.10 bits per heavy atom. The fourth-order valence-electron chi connectivity index (χ4n) is 2.43. The maximum Gasteiger partial charge on any atom is 0.180 e. The van der Waals surface area contributed by atoms with Gasteiger partial charge in [-0.15, -0.1) is 11.3 Å². The van der Waals surface area contributed by atoms with Gasteiger partial charge in [0.1, 0.15) is 12.4 Å². The van der Waals surface area contributed by atoms with Gasteiger partial charge in [0, 0.05) is 17.5 Å². The van der Waals surface area contributed by atoms with Crippen molar-refractivity contribution in [1.82, 2.24) is 4.98 Å². The molecule has 0 saturated carbocycles. The van der Waals surface area contributed by atoms with E-state index in [4.69, 9.17) is 10.5 Å². The number of aromatic nitrogens is 1. The van der Waals surface area contributed by atoms with E-state index in [0.29, 0.717) is 5.13 Å². The zero-order valence-electron chi connectivity index (χ0n) is 11.6. The molecule has 4 nitrogen and oxygen atoms in total. The summed E-state index contributed by atoms with van der Waals surface area (Å²) in [7, 11) is 0. The van der Waals surface area contributed by atoms with Crippen LogP contribution in [-0.4, -0.2) is 24.7 Å². The molecular weight excluding hydrogens is 270 g/mol. The van der Waals surface area contributed by atoms with Crippen molar-refractivity contribution in [2.75, 3.05) is 30.3 Å². The predicted molar refractivity (Wildman–Crippen MR) is 84.6 cm³/mol. The van der Waals surface area contributed by atoms with Crippen LogP contribution in [0.1, 0.15) is 19.8 Å². The molecular formula is C15H19N3OS. The molecule has 106 valence electrons. The summed E-state index contributed by atoms with van der Waals surface area (Å²) in [6.07, 6.45) is 2.41. The summed E-state index contributed by atoms with van der Waals surface area (Å²) in [4.78, 5) is 6.76. The third-order valence-corrected chi connectivity index (χ3v) is 4.19. The lowest BCUT2D eigenvalue weighted by atomic mass is 10.1. The van der Waals surface area contributed by atoms with Crippen molar-refractivity contribution in [3.8, 4) is 17.0 Å². The fraction of sp³-hybridized carbons (Fsp3) is 0.400. The molecule has 1 aromatic carbocycles. The van der Waals surface area contributed by atoms with Crippen molar-refractivity contribution in [2.24, 2.45) is 0 Å². The van der Waals surface area contributed by atoms with Gasteiger partial charge in [-0.05, 0) is 24.6 Å². The minimum Gasteiger partial charge on any atom is -0.490 e. The van der Waals surface area contributed by atoms with Gasteiger partial charge in [0.25, 0.3) is 0 Å². The SMILES string of the molecule is CCCCN1CCOc2ccc(-c3csc(N)n3)cc21. The summed E-state index contributed by atoms with van der Waals surface area (Å²) < 4.78 is 5.75. The smallest absolute Gasteiger partial charge is 0.180 e. The Hall–Kier alpha value is -1.75. The quantitative estimate of drug-likeness (QED) is 0.937. The normalized spacial score (nSPS) is 13.9. The van der Waals surface area contributed by atoms with Crippen LogP contribution in [0.25, 0.3) is 11.3 Å². The number of thiazole rings is 1. The summed E-state index contributed by atoms with van der Waals surface area (Å²) in [6, 6.07) is 6.26. The van der Waals surface area contributed by atoms with Gasteiger partial charge in [0.15, 0.2) is 5.13 Å². The molecule has 0 amide bonds. The van der Waals surface area contributed by atoms with Crippen LogP contribution < -0.4 is 15.4 Å². The van der Waals surface area contributed by atoms with Crippen LogP contribution in [0.5, 0.6) is 5.75 Å². The zero-order valence-corrected chi connectivity index (χ0v) is 12.4. The van der Waals surface area contributed by atoms with Crippen molar-refractivity contribution in [1.29, 1.82) is 0 Å². The molecule has 2 heterocycles. The highest BCUT2D eigenvalue weighted by Crippen LogP contribution is 2.36. The number of hydrogen-bond acceptors (Lipinski definition) is 5. The van der Waals surface area contributed by atoms with Gasteiger partial charge in [-0.25, -0.2) is 4.98 Å². The second kappa shape index (κ2) is 5.71. The van der Waals surface area contributed by atoms with Crippen molar-refractivity contribution < 1.29 is 4.74 Å². The minimum atomic E-state index is 0.608. The minimum absolute atomic E-state index is 0.608. The Kier molecular flexibility index (Phi) is 3.78. The Bertz CT molecular complexity index is 597. The lowest BCUT2D eigenvalue weighted by Crippen LogP contribution is -2.33. The van der Waals surface area contributed by atoms with E-state index in [1.54, 1.807) is 0 Å². The number of nitrogen functional groups attached to an aromatic ring is 1. The molecule has 0 bridgehead atoms. The Morgan fingerprint density at radius 2 is 2.35 bits per heavy atom. The second-order valence-electron chi connectivity index (χ2n) is 4.94. The van der Waals surface area contributed by atoms with E-state index < -0.39 is 0 Å². The summed E-state index contributed by atoms with van der Waals surface area (Å²) in [5.74, 6) is 0.972. The summed E-state index contributed by atoms with van der Waals surface area (Å²) >= 11 is 1.47. The average Bonchev–Trinajstić information content (AvgIpc) is 2.91. The number of fused-ring (bicyclic) bond motifs is 1. The monoisotopic (exact) mass is 289 g/mol. The van der Waals surface area contributed by atoms with Gasteiger partial charge in [-0.2, -0.15) is 0 Å². The highest BCUT2D eigenvalue weighted by Gasteiger charge is 2.18. The standard InChI is InChI=1S/C15H19N3OS/c1-2-3-6-18-7-8-19-14-5-4-11(9-13(14)18)12-10-20-15(16)17-12/h4-5,9-10H,2-3,6-8H2,1H3,(H2,16,17). The molecule has 1 aromatic heterocycles. The molecule has 0 radical (unpaired) electrons. The van der Waals surface area contributed by atoms with E-state index in [0.717, 1.165) is 36.7 Å². The summed E-state index contributed by atoms with van der Waals surface area (Å²) in [6.45, 7) is 5.01. The van der Waals surface area contributed by atoms with E-state index in [1.807, 2.05) is 11.4 Å². The maximum atomic E-state index is 5.75. The third kappa shape index (κ3) is 2.58. The molecule has 2 aromatic rings. The molecule has 0 spiro atoms. The molecule has 0 atom stereocenters. The lowest BCUT2D eigenvalue weighted by molar-refractivity contribution is 0.307. The third-order valence-electron chi connectivity index (χ3n) is 3.52. The average molecular weight is 289 g/mol. The zero-order chi connectivity index (χ0) is 13.9. The fourth-order valence-corrected chi connectivity index (χ4v) is 3.01. The first-order chi connectivity index (χ1) is 9.78. The first kappa shape index (κ1) is 13.2. The van der Waals surface area contributed by atoms with Crippen LogP contribution in [0.3, 0.4) is 0 Å². The highest BCUT2D eigenvalue weighted by molar-refractivity contribution is 7.13. The highest BCUT2D eigenvalue weighted by atomic mass is 32.1. The van der Waals surface area contributed by atoms with Gasteiger partial charge in [-0.1, -0.05) is 13.3 Å². The van der Waals surface area contributed by atoms with Gasteiger partial charge < -0.3 is 15.4 Å². The van der Waals surface area contributed by atoms with Crippen LogP contribution in [0, 0.1) is 0 Å². The molecule has 1 aliphatic heterocycles. The predicted octanol–water partition coefficient (Wildman–Crippen LogP) is 3.39. The number of unbranched alkanes of at least 4 members (excludes halogenated alkanes) is 1. The molecule has 0 unspecified atom stereocenters. The largest absolute Gasteiger partial charge is 0.490 e. The number of hydrogen-bond donors (Lipinski definition) is 1. The molecule has 2 N–H and O–H groups in total. The number of benzene rings is 1. The van der Waals surface area contributed by atoms with Gasteiger partial charge in [0.2, 0.25) is 0 Å². The molecule has 0 fully saturated rings. The first-order valence-electron chi connectivity index (χ1n) is 7.01. The molecule has 0 saturated heterocycles. The van der Waals surface area contributed by atoms with Gasteiger partial charge in [-0.3, -0.25) is 0 Å². The van der Waals surface area contributed by atoms with Crippen molar-refractivity contribution in [2.45, 2.75) is 19.8 Å². The van der Waals surface area contributed by atoms with Crippen LogP contribution in [0.2, 0.25) is 0 Å². The number of rotatable bonds is 4. The Morgan fingerprint density at radius 1 is 1.45 bits per heavy atom. The number of anilines is 2. The summed E-state index contributed by atoms with van der Waals surface area (Å²) in [5, 5.41) is 2.61. The van der Waals surface area contributed by atoms with E-state index in [2.05, 4.69) is 28.9 Å². The number of ether oxygens (including phenoxy) is 1. The van der Waals surface area contributed by atoms with E-state index in [-0.39, 0.29) is 0 Å². The van der Waals surface area contributed by atoms with Crippen LogP contribution in [0.15, 0.2) is 23.6 Å². The van der Waals surface area contributed by atoms with Crippen molar-refractivity contribution in [3.05, 3.63) is 23.6 Å². The van der Waals surface area contributed by atoms with Crippen LogP contribution >= 0.6 is 11.3 Å². The second-order valence-corrected chi connectivity index (χ2v) is 5.83.